The SMILES string of the molecule is CCCCN(C)c1cc(N(C)CCCC)ncn1. The molecular formula is C14H26N4. The summed E-state index contributed by atoms with van der Waals surface area (Å²) < 4.78 is 0. The molecule has 0 saturated carbocycles. The zero-order valence-corrected chi connectivity index (χ0v) is 12.2. The molecule has 0 spiro atoms. The maximum atomic E-state index is 4.34. The van der Waals surface area contributed by atoms with Crippen molar-refractivity contribution in [2.24, 2.45) is 0 Å². The fraction of sp³-hybridized carbons (Fsp3) is 0.714. The Morgan fingerprint density at radius 1 is 0.889 bits per heavy atom. The van der Waals surface area contributed by atoms with Crippen LogP contribution in [-0.2, 0) is 0 Å². The zero-order chi connectivity index (χ0) is 13.4. The number of rotatable bonds is 8. The molecule has 18 heavy (non-hydrogen) atoms. The van der Waals surface area contributed by atoms with Gasteiger partial charge >= 0.3 is 0 Å². The molecular weight excluding hydrogens is 224 g/mol. The Morgan fingerprint density at radius 3 is 1.72 bits per heavy atom. The lowest BCUT2D eigenvalue weighted by Gasteiger charge is -2.21. The van der Waals surface area contributed by atoms with Gasteiger partial charge in [-0.25, -0.2) is 9.97 Å². The van der Waals surface area contributed by atoms with Gasteiger partial charge in [0.05, 0.1) is 0 Å². The average Bonchev–Trinajstić information content (AvgIpc) is 2.42. The fourth-order valence-corrected chi connectivity index (χ4v) is 1.77. The van der Waals surface area contributed by atoms with Crippen LogP contribution in [0.4, 0.5) is 11.6 Å². The lowest BCUT2D eigenvalue weighted by molar-refractivity contribution is 0.748. The number of unbranched alkanes of at least 4 members (excludes halogenated alkanes) is 2. The number of anilines is 2. The minimum Gasteiger partial charge on any atom is -0.360 e. The Kier molecular flexibility index (Phi) is 6.47. The van der Waals surface area contributed by atoms with Crippen LogP contribution in [0.2, 0.25) is 0 Å². The standard InChI is InChI=1S/C14H26N4/c1-5-7-9-17(3)13-11-14(16-12-15-13)18(4)10-8-6-2/h11-12H,5-10H2,1-4H3. The molecule has 0 saturated heterocycles. The summed E-state index contributed by atoms with van der Waals surface area (Å²) in [5.74, 6) is 2.02. The summed E-state index contributed by atoms with van der Waals surface area (Å²) in [5, 5.41) is 0. The molecule has 0 aliphatic carbocycles. The highest BCUT2D eigenvalue weighted by atomic mass is 15.2. The van der Waals surface area contributed by atoms with Crippen LogP contribution in [-0.4, -0.2) is 37.2 Å². The smallest absolute Gasteiger partial charge is 0.133 e. The molecule has 0 atom stereocenters. The molecule has 0 aromatic carbocycles. The molecule has 0 unspecified atom stereocenters. The number of nitrogens with zero attached hydrogens (tertiary/aromatic N) is 4. The van der Waals surface area contributed by atoms with Crippen molar-refractivity contribution in [3.63, 3.8) is 0 Å². The van der Waals surface area contributed by atoms with E-state index in [1.807, 2.05) is 0 Å². The van der Waals surface area contributed by atoms with Gasteiger partial charge < -0.3 is 9.80 Å². The molecule has 0 N–H and O–H groups in total. The highest BCUT2D eigenvalue weighted by molar-refractivity contribution is 5.49. The van der Waals surface area contributed by atoms with Crippen molar-refractivity contribution in [1.29, 1.82) is 0 Å². The monoisotopic (exact) mass is 250 g/mol. The van der Waals surface area contributed by atoms with Crippen molar-refractivity contribution in [2.75, 3.05) is 37.0 Å². The summed E-state index contributed by atoms with van der Waals surface area (Å²) in [4.78, 5) is 13.1. The molecule has 0 aliphatic rings. The normalized spacial score (nSPS) is 10.4. The summed E-state index contributed by atoms with van der Waals surface area (Å²) >= 11 is 0. The largest absolute Gasteiger partial charge is 0.360 e. The van der Waals surface area contributed by atoms with Gasteiger partial charge in [-0.1, -0.05) is 26.7 Å². The second-order valence-electron chi connectivity index (χ2n) is 4.78. The maximum Gasteiger partial charge on any atom is 0.133 e. The van der Waals surface area contributed by atoms with Crippen molar-refractivity contribution >= 4 is 11.6 Å². The van der Waals surface area contributed by atoms with Gasteiger partial charge in [-0.15, -0.1) is 0 Å². The molecule has 102 valence electrons. The Hall–Kier alpha value is -1.32. The number of aromatic nitrogens is 2. The first kappa shape index (κ1) is 14.7. The molecule has 1 rings (SSSR count). The summed E-state index contributed by atoms with van der Waals surface area (Å²) in [6.45, 7) is 6.51. The van der Waals surface area contributed by atoms with Crippen LogP contribution in [0.3, 0.4) is 0 Å². The van der Waals surface area contributed by atoms with Gasteiger partial charge in [-0.2, -0.15) is 0 Å². The highest BCUT2D eigenvalue weighted by Gasteiger charge is 2.06. The lowest BCUT2D eigenvalue weighted by atomic mass is 10.3. The first-order valence-corrected chi connectivity index (χ1v) is 6.93. The Bertz CT molecular complexity index is 311. The van der Waals surface area contributed by atoms with Crippen LogP contribution < -0.4 is 9.80 Å². The van der Waals surface area contributed by atoms with Crippen molar-refractivity contribution in [2.45, 2.75) is 39.5 Å². The third kappa shape index (κ3) is 4.51. The zero-order valence-electron chi connectivity index (χ0n) is 12.2. The van der Waals surface area contributed by atoms with Crippen LogP contribution in [0.1, 0.15) is 39.5 Å². The topological polar surface area (TPSA) is 32.3 Å². The van der Waals surface area contributed by atoms with Gasteiger partial charge in [-0.05, 0) is 12.8 Å². The first-order chi connectivity index (χ1) is 8.69. The first-order valence-electron chi connectivity index (χ1n) is 6.93. The van der Waals surface area contributed by atoms with Gasteiger partial charge in [0.1, 0.15) is 18.0 Å². The number of hydrogen-bond donors (Lipinski definition) is 0. The van der Waals surface area contributed by atoms with Crippen molar-refractivity contribution < 1.29 is 0 Å². The minimum atomic E-state index is 1.01. The second-order valence-corrected chi connectivity index (χ2v) is 4.78. The van der Waals surface area contributed by atoms with E-state index in [2.05, 4.69) is 53.8 Å². The van der Waals surface area contributed by atoms with E-state index in [1.54, 1.807) is 6.33 Å². The lowest BCUT2D eigenvalue weighted by Crippen LogP contribution is -2.23. The van der Waals surface area contributed by atoms with Crippen molar-refractivity contribution in [1.82, 2.24) is 9.97 Å². The molecule has 1 aromatic heterocycles. The molecule has 4 nitrogen and oxygen atoms in total. The quantitative estimate of drug-likeness (QED) is 0.710. The molecule has 1 heterocycles. The van der Waals surface area contributed by atoms with E-state index < -0.39 is 0 Å². The van der Waals surface area contributed by atoms with E-state index in [9.17, 15) is 0 Å². The van der Waals surface area contributed by atoms with Gasteiger partial charge in [0, 0.05) is 33.3 Å². The second kappa shape index (κ2) is 7.90. The highest BCUT2D eigenvalue weighted by Crippen LogP contribution is 2.16. The minimum absolute atomic E-state index is 1.01. The van der Waals surface area contributed by atoms with Gasteiger partial charge in [0.25, 0.3) is 0 Å². The van der Waals surface area contributed by atoms with E-state index >= 15 is 0 Å². The van der Waals surface area contributed by atoms with Gasteiger partial charge in [0.15, 0.2) is 0 Å². The van der Waals surface area contributed by atoms with Crippen molar-refractivity contribution in [3.05, 3.63) is 12.4 Å². The average molecular weight is 250 g/mol. The summed E-state index contributed by atoms with van der Waals surface area (Å²) in [6.07, 6.45) is 6.47. The van der Waals surface area contributed by atoms with Crippen LogP contribution in [0.5, 0.6) is 0 Å². The Labute approximate surface area is 111 Å². The fourth-order valence-electron chi connectivity index (χ4n) is 1.77. The predicted molar refractivity (Wildman–Crippen MR) is 78.4 cm³/mol. The molecule has 0 aliphatic heterocycles. The van der Waals surface area contributed by atoms with E-state index in [4.69, 9.17) is 0 Å². The van der Waals surface area contributed by atoms with Gasteiger partial charge in [-0.3, -0.25) is 0 Å². The molecule has 0 bridgehead atoms. The van der Waals surface area contributed by atoms with E-state index in [0.29, 0.717) is 0 Å². The van der Waals surface area contributed by atoms with Crippen LogP contribution >= 0.6 is 0 Å². The van der Waals surface area contributed by atoms with Crippen LogP contribution in [0, 0.1) is 0 Å². The van der Waals surface area contributed by atoms with Crippen LogP contribution in [0.25, 0.3) is 0 Å². The molecule has 0 amide bonds. The molecule has 0 fully saturated rings. The molecule has 0 radical (unpaired) electrons. The predicted octanol–water partition coefficient (Wildman–Crippen LogP) is 2.95. The summed E-state index contributed by atoms with van der Waals surface area (Å²) in [5.41, 5.74) is 0. The Balaban J connectivity index is 2.66. The third-order valence-electron chi connectivity index (χ3n) is 3.11. The van der Waals surface area contributed by atoms with E-state index in [1.165, 1.54) is 25.7 Å². The van der Waals surface area contributed by atoms with Crippen LogP contribution in [0.15, 0.2) is 12.4 Å². The molecule has 4 heteroatoms. The molecule has 1 aromatic rings. The number of hydrogen-bond acceptors (Lipinski definition) is 4. The van der Waals surface area contributed by atoms with E-state index in [0.717, 1.165) is 24.7 Å². The Morgan fingerprint density at radius 2 is 1.33 bits per heavy atom. The summed E-state index contributed by atoms with van der Waals surface area (Å²) in [6, 6.07) is 2.07. The third-order valence-corrected chi connectivity index (χ3v) is 3.11. The van der Waals surface area contributed by atoms with Gasteiger partial charge in [0.2, 0.25) is 0 Å². The van der Waals surface area contributed by atoms with E-state index in [-0.39, 0.29) is 0 Å². The summed E-state index contributed by atoms with van der Waals surface area (Å²) in [7, 11) is 4.18. The maximum absolute atomic E-state index is 4.34. The van der Waals surface area contributed by atoms with Crippen molar-refractivity contribution in [3.8, 4) is 0 Å².